The third-order valence-corrected chi connectivity index (χ3v) is 4.59. The quantitative estimate of drug-likeness (QED) is 0.409. The van der Waals surface area contributed by atoms with E-state index in [4.69, 9.17) is 4.74 Å². The van der Waals surface area contributed by atoms with Gasteiger partial charge in [0.15, 0.2) is 0 Å². The number of phenols is 1. The molecule has 1 amide bonds. The van der Waals surface area contributed by atoms with Crippen molar-refractivity contribution in [1.82, 2.24) is 4.98 Å². The highest BCUT2D eigenvalue weighted by atomic mass is 32.1. The number of hydrogen-bond donors (Lipinski definition) is 3. The molecular formula is C20H20N4O3S. The summed E-state index contributed by atoms with van der Waals surface area (Å²) in [6.45, 7) is 4.04. The highest BCUT2D eigenvalue weighted by molar-refractivity contribution is 7.20. The van der Waals surface area contributed by atoms with Crippen molar-refractivity contribution in [3.63, 3.8) is 0 Å². The smallest absolute Gasteiger partial charge is 0.412 e. The molecule has 0 aliphatic heterocycles. The van der Waals surface area contributed by atoms with Gasteiger partial charge in [0.25, 0.3) is 0 Å². The molecule has 0 aliphatic rings. The number of nitrogens with one attached hydrogen (secondary N) is 2. The number of anilines is 2. The fraction of sp³-hybridized carbons (Fsp3) is 0.150. The number of thiazole rings is 1. The summed E-state index contributed by atoms with van der Waals surface area (Å²) in [6, 6.07) is 14.5. The molecule has 0 aliphatic carbocycles. The molecule has 3 rings (SSSR count). The average Bonchev–Trinajstić information content (AvgIpc) is 3.06. The van der Waals surface area contributed by atoms with E-state index in [-0.39, 0.29) is 12.4 Å². The number of aryl methyl sites for hydroxylation is 1. The Labute approximate surface area is 166 Å². The third-order valence-electron chi connectivity index (χ3n) is 3.71. The zero-order valence-corrected chi connectivity index (χ0v) is 16.3. The van der Waals surface area contributed by atoms with E-state index in [1.54, 1.807) is 37.4 Å². The van der Waals surface area contributed by atoms with Gasteiger partial charge in [0.1, 0.15) is 16.4 Å². The number of benzene rings is 2. The van der Waals surface area contributed by atoms with Gasteiger partial charge in [-0.2, -0.15) is 5.10 Å². The van der Waals surface area contributed by atoms with Crippen molar-refractivity contribution in [3.05, 3.63) is 59.7 Å². The number of amides is 1. The summed E-state index contributed by atoms with van der Waals surface area (Å²) in [5.74, 6) is 0.197. The molecule has 0 saturated heterocycles. The normalized spacial score (nSPS) is 10.8. The van der Waals surface area contributed by atoms with E-state index in [1.807, 2.05) is 31.2 Å². The number of hydrogen-bond acceptors (Lipinski definition) is 7. The SMILES string of the molecule is CCOC(=O)Nc1sc(N/N=C\c2ccc(O)cc2)nc1-c1ccc(C)cc1. The molecule has 8 heteroatoms. The lowest BCUT2D eigenvalue weighted by atomic mass is 10.1. The van der Waals surface area contributed by atoms with Gasteiger partial charge in [-0.25, -0.2) is 9.78 Å². The number of ether oxygens (including phenoxy) is 1. The summed E-state index contributed by atoms with van der Waals surface area (Å²) >= 11 is 1.26. The van der Waals surface area contributed by atoms with E-state index in [0.717, 1.165) is 16.7 Å². The lowest BCUT2D eigenvalue weighted by Gasteiger charge is -2.05. The maximum absolute atomic E-state index is 11.9. The molecule has 2 aromatic carbocycles. The van der Waals surface area contributed by atoms with Crippen LogP contribution in [0.1, 0.15) is 18.1 Å². The van der Waals surface area contributed by atoms with Gasteiger partial charge in [-0.1, -0.05) is 41.2 Å². The van der Waals surface area contributed by atoms with Gasteiger partial charge in [0.05, 0.1) is 12.8 Å². The van der Waals surface area contributed by atoms with Crippen molar-refractivity contribution in [2.24, 2.45) is 5.10 Å². The van der Waals surface area contributed by atoms with E-state index in [9.17, 15) is 9.90 Å². The van der Waals surface area contributed by atoms with E-state index in [0.29, 0.717) is 15.8 Å². The number of carbonyl (C=O) groups excluding carboxylic acids is 1. The first-order valence-electron chi connectivity index (χ1n) is 8.65. The second-order valence-corrected chi connectivity index (χ2v) is 6.87. The Morgan fingerprint density at radius 1 is 1.21 bits per heavy atom. The Kier molecular flexibility index (Phi) is 6.23. The van der Waals surface area contributed by atoms with Crippen molar-refractivity contribution in [1.29, 1.82) is 0 Å². The summed E-state index contributed by atoms with van der Waals surface area (Å²) in [6.07, 6.45) is 1.09. The number of nitrogens with zero attached hydrogens (tertiary/aromatic N) is 2. The summed E-state index contributed by atoms with van der Waals surface area (Å²) in [7, 11) is 0. The van der Waals surface area contributed by atoms with Crippen molar-refractivity contribution in [3.8, 4) is 17.0 Å². The Morgan fingerprint density at radius 2 is 1.93 bits per heavy atom. The first-order chi connectivity index (χ1) is 13.5. The molecule has 0 unspecified atom stereocenters. The third kappa shape index (κ3) is 5.08. The van der Waals surface area contributed by atoms with Crippen LogP contribution in [0.5, 0.6) is 5.75 Å². The molecule has 1 heterocycles. The van der Waals surface area contributed by atoms with Crippen molar-refractivity contribution in [2.45, 2.75) is 13.8 Å². The number of aromatic hydroxyl groups is 1. The molecule has 0 saturated carbocycles. The average molecular weight is 396 g/mol. The maximum Gasteiger partial charge on any atom is 0.412 e. The van der Waals surface area contributed by atoms with Gasteiger partial charge in [-0.3, -0.25) is 10.7 Å². The number of carbonyl (C=O) groups is 1. The zero-order chi connectivity index (χ0) is 19.9. The fourth-order valence-electron chi connectivity index (χ4n) is 2.34. The molecule has 0 atom stereocenters. The molecule has 0 fully saturated rings. The van der Waals surface area contributed by atoms with Gasteiger partial charge < -0.3 is 9.84 Å². The second-order valence-electron chi connectivity index (χ2n) is 5.87. The number of phenolic OH excluding ortho intramolecular Hbond substituents is 1. The Balaban J connectivity index is 1.82. The van der Waals surface area contributed by atoms with Gasteiger partial charge in [0, 0.05) is 5.56 Å². The lowest BCUT2D eigenvalue weighted by molar-refractivity contribution is 0.168. The van der Waals surface area contributed by atoms with Crippen molar-refractivity contribution >= 4 is 33.8 Å². The van der Waals surface area contributed by atoms with Crippen molar-refractivity contribution < 1.29 is 14.6 Å². The Morgan fingerprint density at radius 3 is 2.61 bits per heavy atom. The van der Waals surface area contributed by atoms with Gasteiger partial charge in [-0.15, -0.1) is 0 Å². The topological polar surface area (TPSA) is 95.8 Å². The van der Waals surface area contributed by atoms with Crippen LogP contribution < -0.4 is 10.7 Å². The van der Waals surface area contributed by atoms with E-state index in [2.05, 4.69) is 20.8 Å². The maximum atomic E-state index is 11.9. The first kappa shape index (κ1) is 19.4. The van der Waals surface area contributed by atoms with Crippen LogP contribution in [0.4, 0.5) is 14.9 Å². The monoisotopic (exact) mass is 396 g/mol. The van der Waals surface area contributed by atoms with Gasteiger partial charge in [-0.05, 0) is 43.7 Å². The predicted octanol–water partition coefficient (Wildman–Crippen LogP) is 4.84. The van der Waals surface area contributed by atoms with E-state index < -0.39 is 6.09 Å². The highest BCUT2D eigenvalue weighted by Gasteiger charge is 2.16. The van der Waals surface area contributed by atoms with Crippen LogP contribution in [0, 0.1) is 6.92 Å². The summed E-state index contributed by atoms with van der Waals surface area (Å²) < 4.78 is 4.97. The molecule has 3 aromatic rings. The van der Waals surface area contributed by atoms with Crippen LogP contribution in [0.25, 0.3) is 11.3 Å². The minimum atomic E-state index is -0.529. The Hall–Kier alpha value is -3.39. The Bertz CT molecular complexity index is 966. The van der Waals surface area contributed by atoms with E-state index in [1.165, 1.54) is 11.3 Å². The molecule has 0 radical (unpaired) electrons. The minimum absolute atomic E-state index is 0.197. The van der Waals surface area contributed by atoms with Crippen molar-refractivity contribution in [2.75, 3.05) is 17.3 Å². The van der Waals surface area contributed by atoms with E-state index >= 15 is 0 Å². The predicted molar refractivity (Wildman–Crippen MR) is 112 cm³/mol. The van der Waals surface area contributed by atoms with Crippen LogP contribution in [0.3, 0.4) is 0 Å². The summed E-state index contributed by atoms with van der Waals surface area (Å²) in [5.41, 5.74) is 6.35. The van der Waals surface area contributed by atoms with Crippen LogP contribution in [0.15, 0.2) is 53.6 Å². The van der Waals surface area contributed by atoms with Gasteiger partial charge in [0.2, 0.25) is 5.13 Å². The van der Waals surface area contributed by atoms with Gasteiger partial charge >= 0.3 is 6.09 Å². The highest BCUT2D eigenvalue weighted by Crippen LogP contribution is 2.36. The molecule has 0 spiro atoms. The molecular weight excluding hydrogens is 376 g/mol. The lowest BCUT2D eigenvalue weighted by Crippen LogP contribution is -2.12. The second kappa shape index (κ2) is 9.01. The number of rotatable bonds is 6. The summed E-state index contributed by atoms with van der Waals surface area (Å²) in [4.78, 5) is 16.4. The number of hydrazone groups is 1. The molecule has 7 nitrogen and oxygen atoms in total. The first-order valence-corrected chi connectivity index (χ1v) is 9.46. The number of aromatic nitrogens is 1. The zero-order valence-electron chi connectivity index (χ0n) is 15.5. The molecule has 3 N–H and O–H groups in total. The standard InChI is InChI=1S/C20H20N4O3S/c1-3-27-20(26)23-18-17(15-8-4-13(2)5-9-15)22-19(28-18)24-21-12-14-6-10-16(25)11-7-14/h4-12,25H,3H2,1-2H3,(H,22,24)(H,23,26)/b21-12-. The largest absolute Gasteiger partial charge is 0.508 e. The molecule has 1 aromatic heterocycles. The molecule has 144 valence electrons. The molecule has 0 bridgehead atoms. The van der Waals surface area contributed by atoms with Crippen LogP contribution in [0.2, 0.25) is 0 Å². The van der Waals surface area contributed by atoms with Crippen LogP contribution in [-0.4, -0.2) is 29.0 Å². The fourth-order valence-corrected chi connectivity index (χ4v) is 3.17. The minimum Gasteiger partial charge on any atom is -0.508 e. The molecule has 28 heavy (non-hydrogen) atoms. The summed E-state index contributed by atoms with van der Waals surface area (Å²) in [5, 5.41) is 17.3. The van der Waals surface area contributed by atoms with Crippen LogP contribution >= 0.6 is 11.3 Å². The van der Waals surface area contributed by atoms with Crippen LogP contribution in [-0.2, 0) is 4.74 Å².